The van der Waals surface area contributed by atoms with Gasteiger partial charge in [-0.05, 0) is 12.0 Å². The van der Waals surface area contributed by atoms with Crippen LogP contribution in [0.5, 0.6) is 0 Å². The van der Waals surface area contributed by atoms with Crippen molar-refractivity contribution in [3.05, 3.63) is 66.5 Å². The number of anilines is 1. The molecular weight excluding hydrogens is 278 g/mol. The molecule has 0 atom stereocenters. The summed E-state index contributed by atoms with van der Waals surface area (Å²) in [7, 11) is 1.33. The summed E-state index contributed by atoms with van der Waals surface area (Å²) in [5, 5.41) is 0. The molecule has 0 saturated heterocycles. The molecule has 5 nitrogen and oxygen atoms in total. The first kappa shape index (κ1) is 15.7. The molecule has 0 saturated carbocycles. The molecule has 2 aromatic rings. The maximum Gasteiger partial charge on any atom is 0.341 e. The van der Waals surface area contributed by atoms with Gasteiger partial charge in [0.25, 0.3) is 0 Å². The predicted molar refractivity (Wildman–Crippen MR) is 85.9 cm³/mol. The second kappa shape index (κ2) is 7.93. The number of aromatic nitrogens is 2. The van der Waals surface area contributed by atoms with E-state index in [0.717, 1.165) is 13.0 Å². The molecule has 1 aromatic carbocycles. The molecule has 0 aliphatic heterocycles. The predicted octanol–water partition coefficient (Wildman–Crippen LogP) is 2.50. The van der Waals surface area contributed by atoms with Crippen LogP contribution in [0.2, 0.25) is 0 Å². The number of ether oxygens (including phenoxy) is 1. The van der Waals surface area contributed by atoms with Crippen molar-refractivity contribution in [3.63, 3.8) is 0 Å². The van der Waals surface area contributed by atoms with Gasteiger partial charge in [0.1, 0.15) is 0 Å². The van der Waals surface area contributed by atoms with Crippen molar-refractivity contribution < 1.29 is 9.53 Å². The first-order valence-corrected chi connectivity index (χ1v) is 7.04. The van der Waals surface area contributed by atoms with Crippen LogP contribution in [0.15, 0.2) is 55.4 Å². The Morgan fingerprint density at radius 1 is 1.27 bits per heavy atom. The minimum absolute atomic E-state index is 0.341. The lowest BCUT2D eigenvalue weighted by atomic mass is 10.1. The zero-order valence-corrected chi connectivity index (χ0v) is 12.6. The van der Waals surface area contributed by atoms with E-state index < -0.39 is 5.97 Å². The first-order chi connectivity index (χ1) is 10.7. The number of esters is 1. The Morgan fingerprint density at radius 2 is 1.95 bits per heavy atom. The minimum atomic E-state index is -0.439. The number of rotatable bonds is 7. The number of methoxy groups -OCH3 is 1. The van der Waals surface area contributed by atoms with Crippen molar-refractivity contribution in [1.29, 1.82) is 0 Å². The van der Waals surface area contributed by atoms with E-state index in [-0.39, 0.29) is 0 Å². The average molecular weight is 297 g/mol. The SMILES string of the molecule is C=CCN(CCc1ccccc1)c1ncc(C(=O)OC)cn1. The maximum absolute atomic E-state index is 11.4. The van der Waals surface area contributed by atoms with E-state index >= 15 is 0 Å². The smallest absolute Gasteiger partial charge is 0.341 e. The van der Waals surface area contributed by atoms with Gasteiger partial charge in [0.15, 0.2) is 0 Å². The topological polar surface area (TPSA) is 55.3 Å². The fraction of sp³-hybridized carbons (Fsp3) is 0.235. The molecule has 0 N–H and O–H groups in total. The van der Waals surface area contributed by atoms with Crippen LogP contribution in [0, 0.1) is 0 Å². The number of hydrogen-bond donors (Lipinski definition) is 0. The highest BCUT2D eigenvalue weighted by Gasteiger charge is 2.11. The molecule has 2 rings (SSSR count). The third-order valence-corrected chi connectivity index (χ3v) is 3.20. The normalized spacial score (nSPS) is 10.0. The second-order valence-corrected chi connectivity index (χ2v) is 4.73. The molecule has 5 heteroatoms. The highest BCUT2D eigenvalue weighted by molar-refractivity contribution is 5.88. The Balaban J connectivity index is 2.07. The van der Waals surface area contributed by atoms with Crippen molar-refractivity contribution >= 4 is 11.9 Å². The van der Waals surface area contributed by atoms with Crippen LogP contribution < -0.4 is 4.90 Å². The lowest BCUT2D eigenvalue weighted by Gasteiger charge is -2.20. The molecular formula is C17H19N3O2. The molecule has 0 bridgehead atoms. The van der Waals surface area contributed by atoms with E-state index in [1.807, 2.05) is 29.2 Å². The van der Waals surface area contributed by atoms with Gasteiger partial charge in [-0.3, -0.25) is 0 Å². The van der Waals surface area contributed by atoms with Crippen LogP contribution in [-0.4, -0.2) is 36.1 Å². The summed E-state index contributed by atoms with van der Waals surface area (Å²) < 4.78 is 4.64. The van der Waals surface area contributed by atoms with Crippen LogP contribution >= 0.6 is 0 Å². The van der Waals surface area contributed by atoms with Gasteiger partial charge in [-0.1, -0.05) is 36.4 Å². The molecule has 0 spiro atoms. The first-order valence-electron chi connectivity index (χ1n) is 7.04. The van der Waals surface area contributed by atoms with Crippen molar-refractivity contribution in [2.45, 2.75) is 6.42 Å². The lowest BCUT2D eigenvalue weighted by molar-refractivity contribution is 0.0600. The molecule has 114 valence electrons. The van der Waals surface area contributed by atoms with Gasteiger partial charge < -0.3 is 9.64 Å². The van der Waals surface area contributed by atoms with Crippen LogP contribution in [0.25, 0.3) is 0 Å². The van der Waals surface area contributed by atoms with Crippen LogP contribution in [0.3, 0.4) is 0 Å². The molecule has 0 radical (unpaired) electrons. The molecule has 0 aliphatic rings. The van der Waals surface area contributed by atoms with E-state index in [2.05, 4.69) is 33.4 Å². The summed E-state index contributed by atoms with van der Waals surface area (Å²) in [6.45, 7) is 5.18. The fourth-order valence-electron chi connectivity index (χ4n) is 2.05. The Hall–Kier alpha value is -2.69. The summed E-state index contributed by atoms with van der Waals surface area (Å²) >= 11 is 0. The summed E-state index contributed by atoms with van der Waals surface area (Å²) in [6, 6.07) is 10.2. The standard InChI is InChI=1S/C17H19N3O2/c1-3-10-20(11-9-14-7-5-4-6-8-14)17-18-12-15(13-19-17)16(21)22-2/h3-8,12-13H,1,9-11H2,2H3. The third-order valence-electron chi connectivity index (χ3n) is 3.20. The zero-order valence-electron chi connectivity index (χ0n) is 12.6. The van der Waals surface area contributed by atoms with E-state index in [4.69, 9.17) is 0 Å². The quantitative estimate of drug-likeness (QED) is 0.580. The maximum atomic E-state index is 11.4. The van der Waals surface area contributed by atoms with Crippen LogP contribution in [0.4, 0.5) is 5.95 Å². The number of carbonyl (C=O) groups is 1. The fourth-order valence-corrected chi connectivity index (χ4v) is 2.05. The summed E-state index contributed by atoms with van der Waals surface area (Å²) in [6.07, 6.45) is 5.65. The summed E-state index contributed by atoms with van der Waals surface area (Å²) in [5.74, 6) is 0.134. The minimum Gasteiger partial charge on any atom is -0.465 e. The molecule has 1 heterocycles. The Morgan fingerprint density at radius 3 is 2.55 bits per heavy atom. The van der Waals surface area contributed by atoms with Crippen LogP contribution in [-0.2, 0) is 11.2 Å². The average Bonchev–Trinajstić information content (AvgIpc) is 2.59. The molecule has 0 unspecified atom stereocenters. The van der Waals surface area contributed by atoms with E-state index in [9.17, 15) is 4.79 Å². The van der Waals surface area contributed by atoms with Gasteiger partial charge in [-0.15, -0.1) is 6.58 Å². The molecule has 0 fully saturated rings. The van der Waals surface area contributed by atoms with Crippen molar-refractivity contribution in [1.82, 2.24) is 9.97 Å². The van der Waals surface area contributed by atoms with Gasteiger partial charge >= 0.3 is 5.97 Å². The Kier molecular flexibility index (Phi) is 5.65. The molecule has 1 aromatic heterocycles. The zero-order chi connectivity index (χ0) is 15.8. The summed E-state index contributed by atoms with van der Waals surface area (Å²) in [5.41, 5.74) is 1.59. The number of hydrogen-bond acceptors (Lipinski definition) is 5. The highest BCUT2D eigenvalue weighted by Crippen LogP contribution is 2.10. The third kappa shape index (κ3) is 4.15. The van der Waals surface area contributed by atoms with Crippen molar-refractivity contribution in [2.75, 3.05) is 25.1 Å². The number of benzene rings is 1. The van der Waals surface area contributed by atoms with E-state index in [1.54, 1.807) is 0 Å². The van der Waals surface area contributed by atoms with Gasteiger partial charge in [0.05, 0.1) is 12.7 Å². The molecule has 0 aliphatic carbocycles. The number of carbonyl (C=O) groups excluding carboxylic acids is 1. The largest absolute Gasteiger partial charge is 0.465 e. The second-order valence-electron chi connectivity index (χ2n) is 4.73. The van der Waals surface area contributed by atoms with Gasteiger partial charge in [-0.2, -0.15) is 0 Å². The van der Waals surface area contributed by atoms with Crippen molar-refractivity contribution in [2.24, 2.45) is 0 Å². The summed E-state index contributed by atoms with van der Waals surface area (Å²) in [4.78, 5) is 21.9. The van der Waals surface area contributed by atoms with Gasteiger partial charge in [0.2, 0.25) is 5.95 Å². The van der Waals surface area contributed by atoms with Gasteiger partial charge in [-0.25, -0.2) is 14.8 Å². The Labute approximate surface area is 130 Å². The van der Waals surface area contributed by atoms with Gasteiger partial charge in [0, 0.05) is 25.5 Å². The van der Waals surface area contributed by atoms with Crippen molar-refractivity contribution in [3.8, 4) is 0 Å². The highest BCUT2D eigenvalue weighted by atomic mass is 16.5. The molecule has 0 amide bonds. The monoisotopic (exact) mass is 297 g/mol. The van der Waals surface area contributed by atoms with E-state index in [0.29, 0.717) is 18.1 Å². The number of nitrogens with zero attached hydrogens (tertiary/aromatic N) is 3. The Bertz CT molecular complexity index is 612. The van der Waals surface area contributed by atoms with E-state index in [1.165, 1.54) is 25.1 Å². The molecule has 22 heavy (non-hydrogen) atoms. The lowest BCUT2D eigenvalue weighted by Crippen LogP contribution is -2.28. The van der Waals surface area contributed by atoms with Crippen LogP contribution in [0.1, 0.15) is 15.9 Å².